The largest absolute Gasteiger partial charge is 0.342 e. The molecule has 1 amide bonds. The number of rotatable bonds is 3. The Morgan fingerprint density at radius 1 is 1.18 bits per heavy atom. The molecule has 0 radical (unpaired) electrons. The second kappa shape index (κ2) is 8.14. The molecule has 1 aromatic heterocycles. The molecule has 0 atom stereocenters. The summed E-state index contributed by atoms with van der Waals surface area (Å²) in [4.78, 5) is 22.9. The molecule has 1 fully saturated rings. The molecule has 1 aliphatic heterocycles. The number of hydrogen-bond donors (Lipinski definition) is 0. The lowest BCUT2D eigenvalue weighted by molar-refractivity contribution is -0.128. The van der Waals surface area contributed by atoms with Crippen molar-refractivity contribution in [3.63, 3.8) is 0 Å². The first-order valence-electron chi connectivity index (χ1n) is 7.77. The van der Waals surface area contributed by atoms with Crippen molar-refractivity contribution in [1.29, 1.82) is 5.26 Å². The number of likely N-dealkylation sites (tertiary alicyclic amines) is 1. The fourth-order valence-electron chi connectivity index (χ4n) is 2.63. The van der Waals surface area contributed by atoms with E-state index in [-0.39, 0.29) is 5.91 Å². The Bertz CT molecular complexity index is 574. The SMILES string of the molecule is Cc1nc(C)c(C#N)c(SCC(=O)N2CCCCCCC2)n1. The maximum atomic E-state index is 12.4. The van der Waals surface area contributed by atoms with Gasteiger partial charge in [0.15, 0.2) is 0 Å². The first kappa shape index (κ1) is 16.8. The van der Waals surface area contributed by atoms with Crippen molar-refractivity contribution in [3.05, 3.63) is 17.1 Å². The third-order valence-electron chi connectivity index (χ3n) is 3.82. The lowest BCUT2D eigenvalue weighted by Crippen LogP contribution is -2.35. The maximum Gasteiger partial charge on any atom is 0.232 e. The average Bonchev–Trinajstić information content (AvgIpc) is 2.44. The van der Waals surface area contributed by atoms with Crippen LogP contribution >= 0.6 is 11.8 Å². The number of amides is 1. The van der Waals surface area contributed by atoms with E-state index in [4.69, 9.17) is 0 Å². The van der Waals surface area contributed by atoms with Gasteiger partial charge in [0.1, 0.15) is 22.5 Å². The van der Waals surface area contributed by atoms with Gasteiger partial charge in [-0.05, 0) is 26.7 Å². The Morgan fingerprint density at radius 2 is 1.82 bits per heavy atom. The van der Waals surface area contributed by atoms with Crippen LogP contribution in [0.2, 0.25) is 0 Å². The molecule has 2 heterocycles. The van der Waals surface area contributed by atoms with Crippen molar-refractivity contribution in [1.82, 2.24) is 14.9 Å². The molecule has 0 saturated carbocycles. The Kier molecular flexibility index (Phi) is 6.20. The second-order valence-corrected chi connectivity index (χ2v) is 6.55. The van der Waals surface area contributed by atoms with Crippen molar-refractivity contribution < 1.29 is 4.79 Å². The number of aromatic nitrogens is 2. The quantitative estimate of drug-likeness (QED) is 0.633. The first-order chi connectivity index (χ1) is 10.6. The van der Waals surface area contributed by atoms with Gasteiger partial charge in [-0.1, -0.05) is 31.0 Å². The third kappa shape index (κ3) is 4.44. The van der Waals surface area contributed by atoms with E-state index in [2.05, 4.69) is 16.0 Å². The van der Waals surface area contributed by atoms with E-state index in [1.54, 1.807) is 13.8 Å². The van der Waals surface area contributed by atoms with Crippen molar-refractivity contribution in [2.45, 2.75) is 51.0 Å². The molecule has 1 aromatic rings. The molecule has 6 heteroatoms. The summed E-state index contributed by atoms with van der Waals surface area (Å²) >= 11 is 1.35. The third-order valence-corrected chi connectivity index (χ3v) is 4.78. The van der Waals surface area contributed by atoms with E-state index < -0.39 is 0 Å². The molecule has 0 aliphatic carbocycles. The standard InChI is InChI=1S/C16H22N4OS/c1-12-14(10-17)16(19-13(2)18-12)22-11-15(21)20-8-6-4-3-5-7-9-20/h3-9,11H2,1-2H3. The molecular formula is C16H22N4OS. The van der Waals surface area contributed by atoms with Crippen molar-refractivity contribution in [2.24, 2.45) is 0 Å². The smallest absolute Gasteiger partial charge is 0.232 e. The van der Waals surface area contributed by atoms with Crippen LogP contribution < -0.4 is 0 Å². The van der Waals surface area contributed by atoms with Crippen LogP contribution in [0.1, 0.15) is 49.2 Å². The molecule has 1 aliphatic rings. The van der Waals surface area contributed by atoms with Gasteiger partial charge >= 0.3 is 0 Å². The van der Waals surface area contributed by atoms with E-state index in [0.29, 0.717) is 27.9 Å². The molecular weight excluding hydrogens is 296 g/mol. The predicted molar refractivity (Wildman–Crippen MR) is 86.6 cm³/mol. The normalized spacial score (nSPS) is 15.8. The summed E-state index contributed by atoms with van der Waals surface area (Å²) in [5.41, 5.74) is 1.16. The molecule has 0 bridgehead atoms. The Labute approximate surface area is 136 Å². The summed E-state index contributed by atoms with van der Waals surface area (Å²) in [6.45, 7) is 5.31. The summed E-state index contributed by atoms with van der Waals surface area (Å²) in [6.07, 6.45) is 5.87. The number of carbonyl (C=O) groups is 1. The lowest BCUT2D eigenvalue weighted by Gasteiger charge is -2.24. The zero-order valence-electron chi connectivity index (χ0n) is 13.3. The number of carbonyl (C=O) groups excluding carboxylic acids is 1. The summed E-state index contributed by atoms with van der Waals surface area (Å²) in [5, 5.41) is 9.85. The minimum Gasteiger partial charge on any atom is -0.342 e. The number of aryl methyl sites for hydroxylation is 2. The number of thioether (sulfide) groups is 1. The number of hydrogen-bond acceptors (Lipinski definition) is 5. The zero-order chi connectivity index (χ0) is 15.9. The van der Waals surface area contributed by atoms with Crippen LogP contribution in [0, 0.1) is 25.2 Å². The van der Waals surface area contributed by atoms with Crippen LogP contribution in [0.4, 0.5) is 0 Å². The topological polar surface area (TPSA) is 69.9 Å². The number of nitrogens with zero attached hydrogens (tertiary/aromatic N) is 4. The highest BCUT2D eigenvalue weighted by atomic mass is 32.2. The highest BCUT2D eigenvalue weighted by molar-refractivity contribution is 8.00. The molecule has 0 N–H and O–H groups in total. The minimum atomic E-state index is 0.143. The van der Waals surface area contributed by atoms with Crippen LogP contribution in [-0.2, 0) is 4.79 Å². The van der Waals surface area contributed by atoms with Gasteiger partial charge in [0.2, 0.25) is 5.91 Å². The summed E-state index contributed by atoms with van der Waals surface area (Å²) in [6, 6.07) is 2.14. The molecule has 5 nitrogen and oxygen atoms in total. The van der Waals surface area contributed by atoms with Crippen molar-refractivity contribution in [3.8, 4) is 6.07 Å². The summed E-state index contributed by atoms with van der Waals surface area (Å²) in [5.74, 6) is 1.12. The highest BCUT2D eigenvalue weighted by Gasteiger charge is 2.17. The van der Waals surface area contributed by atoms with Gasteiger partial charge in [0.05, 0.1) is 11.4 Å². The van der Waals surface area contributed by atoms with E-state index in [1.165, 1.54) is 31.0 Å². The van der Waals surface area contributed by atoms with E-state index in [9.17, 15) is 10.1 Å². The fourth-order valence-corrected chi connectivity index (χ4v) is 3.61. The van der Waals surface area contributed by atoms with Gasteiger partial charge in [-0.3, -0.25) is 4.79 Å². The Hall–Kier alpha value is -1.61. The molecule has 118 valence electrons. The average molecular weight is 318 g/mol. The number of nitriles is 1. The maximum absolute atomic E-state index is 12.4. The van der Waals surface area contributed by atoms with Crippen LogP contribution in [0.15, 0.2) is 5.03 Å². The molecule has 2 rings (SSSR count). The monoisotopic (exact) mass is 318 g/mol. The van der Waals surface area contributed by atoms with Gasteiger partial charge in [-0.2, -0.15) is 5.26 Å². The van der Waals surface area contributed by atoms with Gasteiger partial charge in [0, 0.05) is 13.1 Å². The van der Waals surface area contributed by atoms with Gasteiger partial charge < -0.3 is 4.90 Å². The molecule has 0 aromatic carbocycles. The highest BCUT2D eigenvalue weighted by Crippen LogP contribution is 2.23. The first-order valence-corrected chi connectivity index (χ1v) is 8.76. The Morgan fingerprint density at radius 3 is 2.45 bits per heavy atom. The second-order valence-electron chi connectivity index (χ2n) is 5.59. The lowest BCUT2D eigenvalue weighted by atomic mass is 10.1. The van der Waals surface area contributed by atoms with Crippen LogP contribution in [0.5, 0.6) is 0 Å². The van der Waals surface area contributed by atoms with E-state index in [1.807, 2.05) is 4.90 Å². The van der Waals surface area contributed by atoms with Crippen LogP contribution in [0.3, 0.4) is 0 Å². The van der Waals surface area contributed by atoms with Crippen LogP contribution in [0.25, 0.3) is 0 Å². The molecule has 0 spiro atoms. The van der Waals surface area contributed by atoms with Gasteiger partial charge in [0.25, 0.3) is 0 Å². The molecule has 1 saturated heterocycles. The summed E-state index contributed by atoms with van der Waals surface area (Å²) in [7, 11) is 0. The van der Waals surface area contributed by atoms with E-state index >= 15 is 0 Å². The van der Waals surface area contributed by atoms with Crippen LogP contribution in [-0.4, -0.2) is 39.6 Å². The zero-order valence-corrected chi connectivity index (χ0v) is 14.1. The molecule has 22 heavy (non-hydrogen) atoms. The molecule has 0 unspecified atom stereocenters. The Balaban J connectivity index is 2.00. The van der Waals surface area contributed by atoms with Gasteiger partial charge in [-0.15, -0.1) is 0 Å². The summed E-state index contributed by atoms with van der Waals surface area (Å²) < 4.78 is 0. The predicted octanol–water partition coefficient (Wildman–Crippen LogP) is 2.85. The fraction of sp³-hybridized carbons (Fsp3) is 0.625. The van der Waals surface area contributed by atoms with Crippen molar-refractivity contribution >= 4 is 17.7 Å². The van der Waals surface area contributed by atoms with Gasteiger partial charge in [-0.25, -0.2) is 9.97 Å². The van der Waals surface area contributed by atoms with Crippen molar-refractivity contribution in [2.75, 3.05) is 18.8 Å². The minimum absolute atomic E-state index is 0.143. The van der Waals surface area contributed by atoms with E-state index in [0.717, 1.165) is 25.9 Å².